The minimum atomic E-state index is -0.0324. The van der Waals surface area contributed by atoms with Crippen molar-refractivity contribution in [3.8, 4) is 0 Å². The van der Waals surface area contributed by atoms with E-state index in [-0.39, 0.29) is 12.0 Å². The topological polar surface area (TPSA) is 48.9 Å². The highest BCUT2D eigenvalue weighted by atomic mass is 79.9. The lowest BCUT2D eigenvalue weighted by molar-refractivity contribution is 0.115. The fraction of sp³-hybridized carbons (Fsp3) is 0.625. The van der Waals surface area contributed by atoms with Crippen LogP contribution < -0.4 is 0 Å². The third-order valence-corrected chi connectivity index (χ3v) is 3.34. The van der Waals surface area contributed by atoms with E-state index < -0.39 is 0 Å². The van der Waals surface area contributed by atoms with E-state index in [9.17, 15) is 5.11 Å². The molecular formula is C8H11BrN2O. The molecule has 2 rings (SSSR count). The van der Waals surface area contributed by atoms with E-state index in [1.807, 2.05) is 0 Å². The van der Waals surface area contributed by atoms with E-state index in [1.54, 1.807) is 6.20 Å². The molecule has 1 saturated carbocycles. The Morgan fingerprint density at radius 1 is 1.67 bits per heavy atom. The van der Waals surface area contributed by atoms with Crippen LogP contribution in [0.5, 0.6) is 0 Å². The largest absolute Gasteiger partial charge is 0.395 e. The summed E-state index contributed by atoms with van der Waals surface area (Å²) < 4.78 is 0.983. The molecule has 4 heteroatoms. The van der Waals surface area contributed by atoms with Crippen molar-refractivity contribution in [2.24, 2.45) is 0 Å². The van der Waals surface area contributed by atoms with Crippen LogP contribution in [0.4, 0.5) is 0 Å². The van der Waals surface area contributed by atoms with Crippen LogP contribution >= 0.6 is 15.9 Å². The molecule has 3 nitrogen and oxygen atoms in total. The Hall–Kier alpha value is -0.350. The first-order valence-corrected chi connectivity index (χ1v) is 4.88. The highest BCUT2D eigenvalue weighted by Gasteiger charge is 2.40. The number of nitrogens with one attached hydrogen (secondary N) is 1. The molecule has 0 unspecified atom stereocenters. The Morgan fingerprint density at radius 2 is 2.42 bits per heavy atom. The second-order valence-electron chi connectivity index (χ2n) is 3.38. The van der Waals surface area contributed by atoms with Gasteiger partial charge in [-0.05, 0) is 28.8 Å². The lowest BCUT2D eigenvalue weighted by Gasteiger charge is -2.39. The second-order valence-corrected chi connectivity index (χ2v) is 4.24. The van der Waals surface area contributed by atoms with Crippen molar-refractivity contribution < 1.29 is 5.11 Å². The van der Waals surface area contributed by atoms with Crippen molar-refractivity contribution in [3.05, 3.63) is 16.4 Å². The number of aliphatic hydroxyl groups excluding tert-OH is 1. The van der Waals surface area contributed by atoms with Gasteiger partial charge in [0, 0.05) is 5.41 Å². The van der Waals surface area contributed by atoms with Crippen molar-refractivity contribution in [2.75, 3.05) is 6.61 Å². The summed E-state index contributed by atoms with van der Waals surface area (Å²) in [6.45, 7) is 0.216. The van der Waals surface area contributed by atoms with Crippen molar-refractivity contribution in [3.63, 3.8) is 0 Å². The lowest BCUT2D eigenvalue weighted by Crippen LogP contribution is -2.38. The minimum absolute atomic E-state index is 0.0324. The van der Waals surface area contributed by atoms with E-state index in [0.717, 1.165) is 23.0 Å². The van der Waals surface area contributed by atoms with Crippen LogP contribution in [0.1, 0.15) is 25.0 Å². The molecule has 0 spiro atoms. The van der Waals surface area contributed by atoms with Crippen LogP contribution in [0.2, 0.25) is 0 Å². The van der Waals surface area contributed by atoms with Crippen LogP contribution in [0.25, 0.3) is 0 Å². The molecule has 1 aliphatic carbocycles. The summed E-state index contributed by atoms with van der Waals surface area (Å²) in [7, 11) is 0. The predicted molar refractivity (Wildman–Crippen MR) is 48.9 cm³/mol. The highest BCUT2D eigenvalue weighted by Crippen LogP contribution is 2.44. The van der Waals surface area contributed by atoms with Gasteiger partial charge in [0.05, 0.1) is 23.0 Å². The van der Waals surface area contributed by atoms with Crippen molar-refractivity contribution >= 4 is 15.9 Å². The summed E-state index contributed by atoms with van der Waals surface area (Å²) in [5.41, 5.74) is 1.02. The number of halogens is 1. The molecule has 0 aromatic carbocycles. The molecule has 2 N–H and O–H groups in total. The lowest BCUT2D eigenvalue weighted by atomic mass is 9.67. The smallest absolute Gasteiger partial charge is 0.0632 e. The molecule has 1 fully saturated rings. The molecule has 1 aromatic rings. The van der Waals surface area contributed by atoms with Gasteiger partial charge in [-0.25, -0.2) is 0 Å². The Morgan fingerprint density at radius 3 is 2.75 bits per heavy atom. The monoisotopic (exact) mass is 230 g/mol. The molecular weight excluding hydrogens is 220 g/mol. The number of nitrogens with zero attached hydrogens (tertiary/aromatic N) is 1. The third-order valence-electron chi connectivity index (χ3n) is 2.74. The summed E-state index contributed by atoms with van der Waals surface area (Å²) in [4.78, 5) is 0. The molecule has 1 heterocycles. The fourth-order valence-electron chi connectivity index (χ4n) is 1.73. The van der Waals surface area contributed by atoms with Crippen LogP contribution in [-0.2, 0) is 5.41 Å². The zero-order valence-corrected chi connectivity index (χ0v) is 8.26. The summed E-state index contributed by atoms with van der Waals surface area (Å²) in [6, 6.07) is 0. The summed E-state index contributed by atoms with van der Waals surface area (Å²) in [5.74, 6) is 0. The zero-order valence-electron chi connectivity index (χ0n) is 6.68. The van der Waals surface area contributed by atoms with Crippen LogP contribution in [-0.4, -0.2) is 21.9 Å². The molecule has 0 radical (unpaired) electrons. The number of hydrogen-bond donors (Lipinski definition) is 2. The van der Waals surface area contributed by atoms with Crippen LogP contribution in [0, 0.1) is 0 Å². The minimum Gasteiger partial charge on any atom is -0.395 e. The molecule has 0 bridgehead atoms. The van der Waals surface area contributed by atoms with Crippen molar-refractivity contribution in [2.45, 2.75) is 24.7 Å². The standard InChI is InChI=1S/C8H11BrN2O/c9-6-4-10-11-7(6)8(5-12)2-1-3-8/h4,12H,1-3,5H2,(H,10,11). The number of aromatic amines is 1. The van der Waals surface area contributed by atoms with E-state index in [4.69, 9.17) is 0 Å². The van der Waals surface area contributed by atoms with Gasteiger partial charge in [0.25, 0.3) is 0 Å². The van der Waals surface area contributed by atoms with E-state index >= 15 is 0 Å². The summed E-state index contributed by atoms with van der Waals surface area (Å²) in [5, 5.41) is 16.1. The van der Waals surface area contributed by atoms with Gasteiger partial charge in [-0.2, -0.15) is 5.10 Å². The van der Waals surface area contributed by atoms with Crippen LogP contribution in [0.15, 0.2) is 10.7 Å². The van der Waals surface area contributed by atoms with Gasteiger partial charge in [-0.15, -0.1) is 0 Å². The highest BCUT2D eigenvalue weighted by molar-refractivity contribution is 9.10. The average molecular weight is 231 g/mol. The number of H-pyrrole nitrogens is 1. The number of rotatable bonds is 2. The Bertz CT molecular complexity index is 275. The van der Waals surface area contributed by atoms with E-state index in [2.05, 4.69) is 26.1 Å². The Kier molecular flexibility index (Phi) is 1.96. The Labute approximate surface area is 79.3 Å². The molecule has 0 amide bonds. The van der Waals surface area contributed by atoms with Crippen molar-refractivity contribution in [1.82, 2.24) is 10.2 Å². The maximum absolute atomic E-state index is 9.26. The molecule has 0 atom stereocenters. The van der Waals surface area contributed by atoms with Gasteiger partial charge in [-0.3, -0.25) is 5.10 Å². The van der Waals surface area contributed by atoms with Gasteiger partial charge >= 0.3 is 0 Å². The molecule has 0 saturated heterocycles. The normalized spacial score (nSPS) is 20.5. The maximum atomic E-state index is 9.26. The predicted octanol–water partition coefficient (Wildman–Crippen LogP) is 1.59. The van der Waals surface area contributed by atoms with E-state index in [0.29, 0.717) is 0 Å². The molecule has 66 valence electrons. The number of aromatic nitrogens is 2. The van der Waals surface area contributed by atoms with Gasteiger partial charge in [0.15, 0.2) is 0 Å². The van der Waals surface area contributed by atoms with Crippen molar-refractivity contribution in [1.29, 1.82) is 0 Å². The van der Waals surface area contributed by atoms with Gasteiger partial charge in [0.2, 0.25) is 0 Å². The van der Waals surface area contributed by atoms with E-state index in [1.165, 1.54) is 6.42 Å². The second kappa shape index (κ2) is 2.85. The molecule has 1 aliphatic rings. The molecule has 0 aliphatic heterocycles. The SMILES string of the molecule is OCC1(c2[nH]ncc2Br)CCC1. The van der Waals surface area contributed by atoms with Gasteiger partial charge < -0.3 is 5.11 Å². The molecule has 12 heavy (non-hydrogen) atoms. The zero-order chi connectivity index (χ0) is 8.60. The first-order valence-electron chi connectivity index (χ1n) is 4.09. The maximum Gasteiger partial charge on any atom is 0.0632 e. The van der Waals surface area contributed by atoms with Gasteiger partial charge in [0.1, 0.15) is 0 Å². The molecule has 1 aromatic heterocycles. The average Bonchev–Trinajstić information content (AvgIpc) is 2.36. The first kappa shape index (κ1) is 8.26. The van der Waals surface area contributed by atoms with Crippen LogP contribution in [0.3, 0.4) is 0 Å². The Balaban J connectivity index is 2.33. The summed E-state index contributed by atoms with van der Waals surface area (Å²) >= 11 is 3.41. The number of hydrogen-bond acceptors (Lipinski definition) is 2. The quantitative estimate of drug-likeness (QED) is 0.811. The third kappa shape index (κ3) is 1.02. The summed E-state index contributed by atoms with van der Waals surface area (Å²) in [6.07, 6.45) is 5.06. The van der Waals surface area contributed by atoms with Gasteiger partial charge in [-0.1, -0.05) is 6.42 Å². The fourth-order valence-corrected chi connectivity index (χ4v) is 2.35. The first-order chi connectivity index (χ1) is 5.78. The number of aliphatic hydroxyl groups is 1.